The number of rotatable bonds is 8. The summed E-state index contributed by atoms with van der Waals surface area (Å²) in [5.74, 6) is 1.09. The third-order valence-corrected chi connectivity index (χ3v) is 8.06. The Hall–Kier alpha value is -3.73. The van der Waals surface area contributed by atoms with Gasteiger partial charge in [-0.25, -0.2) is 10.4 Å². The predicted molar refractivity (Wildman–Crippen MR) is 147 cm³/mol. The van der Waals surface area contributed by atoms with Crippen molar-refractivity contribution in [2.24, 2.45) is 5.10 Å². The first-order valence-corrected chi connectivity index (χ1v) is 13.7. The quantitative estimate of drug-likeness (QED) is 0.261. The Labute approximate surface area is 224 Å². The zero-order valence-electron chi connectivity index (χ0n) is 21.1. The van der Waals surface area contributed by atoms with Crippen molar-refractivity contribution in [2.45, 2.75) is 38.9 Å². The largest absolute Gasteiger partial charge is 0.454 e. The molecule has 2 aromatic heterocycles. The van der Waals surface area contributed by atoms with E-state index in [9.17, 15) is 9.90 Å². The second-order valence-corrected chi connectivity index (χ2v) is 10.3. The molecule has 4 aromatic rings. The van der Waals surface area contributed by atoms with Crippen LogP contribution in [0.25, 0.3) is 21.5 Å². The van der Waals surface area contributed by atoms with Crippen LogP contribution in [0, 0.1) is 0 Å². The number of aliphatic hydroxyl groups excluding tert-OH is 1. The molecule has 1 atom stereocenters. The number of thiazole rings is 1. The molecule has 0 aliphatic carbocycles. The van der Waals surface area contributed by atoms with Crippen LogP contribution in [0.1, 0.15) is 41.4 Å². The van der Waals surface area contributed by atoms with Crippen LogP contribution in [0.5, 0.6) is 11.5 Å². The molecule has 0 saturated carbocycles. The first-order chi connectivity index (χ1) is 18.6. The first-order valence-electron chi connectivity index (χ1n) is 12.8. The van der Waals surface area contributed by atoms with Crippen molar-refractivity contribution >= 4 is 34.4 Å². The lowest BCUT2D eigenvalue weighted by atomic mass is 10.1. The van der Waals surface area contributed by atoms with Gasteiger partial charge in [-0.15, -0.1) is 11.3 Å². The van der Waals surface area contributed by atoms with Crippen LogP contribution in [0.15, 0.2) is 53.1 Å². The average molecular weight is 532 g/mol. The van der Waals surface area contributed by atoms with Gasteiger partial charge >= 0.3 is 0 Å². The van der Waals surface area contributed by atoms with Gasteiger partial charge in [-0.2, -0.15) is 5.10 Å². The summed E-state index contributed by atoms with van der Waals surface area (Å²) in [4.78, 5) is 20.3. The number of benzene rings is 2. The van der Waals surface area contributed by atoms with Crippen molar-refractivity contribution in [3.63, 3.8) is 0 Å². The van der Waals surface area contributed by atoms with Gasteiger partial charge in [0.2, 0.25) is 6.79 Å². The number of aryl methyl sites for hydroxylation is 1. The number of aromatic nitrogens is 2. The molecule has 2 N–H and O–H groups in total. The molecule has 1 saturated heterocycles. The number of hydrazone groups is 1. The number of hydrogen-bond acceptors (Lipinski definition) is 8. The molecule has 38 heavy (non-hydrogen) atoms. The van der Waals surface area contributed by atoms with Crippen molar-refractivity contribution < 1.29 is 19.4 Å². The highest BCUT2D eigenvalue weighted by Gasteiger charge is 2.24. The van der Waals surface area contributed by atoms with E-state index in [-0.39, 0.29) is 25.3 Å². The molecule has 4 heterocycles. The van der Waals surface area contributed by atoms with Gasteiger partial charge in [-0.1, -0.05) is 0 Å². The molecule has 2 aromatic carbocycles. The molecule has 1 amide bonds. The maximum Gasteiger partial charge on any atom is 0.273 e. The van der Waals surface area contributed by atoms with E-state index in [1.54, 1.807) is 17.6 Å². The van der Waals surface area contributed by atoms with Crippen LogP contribution in [-0.4, -0.2) is 57.7 Å². The Morgan fingerprint density at radius 3 is 3.03 bits per heavy atom. The Kier molecular flexibility index (Phi) is 6.84. The van der Waals surface area contributed by atoms with E-state index in [0.29, 0.717) is 17.1 Å². The summed E-state index contributed by atoms with van der Waals surface area (Å²) in [5, 5.41) is 17.7. The lowest BCUT2D eigenvalue weighted by Crippen LogP contribution is -2.31. The maximum atomic E-state index is 13.1. The monoisotopic (exact) mass is 531 g/mol. The number of carbonyl (C=O) groups excluding carboxylic acids is 1. The number of nitrogens with one attached hydrogen (secondary N) is 1. The highest BCUT2D eigenvalue weighted by molar-refractivity contribution is 7.13. The second-order valence-electron chi connectivity index (χ2n) is 9.47. The van der Waals surface area contributed by atoms with Crippen LogP contribution in [-0.2, 0) is 13.1 Å². The number of aliphatic hydroxyl groups is 1. The zero-order valence-corrected chi connectivity index (χ0v) is 21.9. The van der Waals surface area contributed by atoms with Gasteiger partial charge in [0.05, 0.1) is 24.1 Å². The second kappa shape index (κ2) is 10.6. The molecule has 9 nitrogen and oxygen atoms in total. The fourth-order valence-electron chi connectivity index (χ4n) is 5.12. The highest BCUT2D eigenvalue weighted by atomic mass is 32.1. The number of hydrogen-bond donors (Lipinski definition) is 2. The highest BCUT2D eigenvalue weighted by Crippen LogP contribution is 2.33. The Morgan fingerprint density at radius 2 is 2.16 bits per heavy atom. The van der Waals surface area contributed by atoms with Gasteiger partial charge in [0.25, 0.3) is 5.91 Å². The topological polar surface area (TPSA) is 101 Å². The van der Waals surface area contributed by atoms with Crippen molar-refractivity contribution in [3.05, 3.63) is 64.8 Å². The fourth-order valence-corrected chi connectivity index (χ4v) is 5.93. The Bertz CT molecular complexity index is 1510. The maximum absolute atomic E-state index is 13.1. The SMILES string of the molecule is CCn1cc(C(=O)N/N=C/c2ccc3c(c2)OCO3)c2cc(-c3nc(CN4CCCC4CO)cs3)ccc21. The van der Waals surface area contributed by atoms with Gasteiger partial charge in [-0.3, -0.25) is 9.69 Å². The molecule has 2 aliphatic heterocycles. The third kappa shape index (κ3) is 4.78. The lowest BCUT2D eigenvalue weighted by Gasteiger charge is -2.21. The number of ether oxygens (including phenoxy) is 2. The molecule has 2 aliphatic rings. The summed E-state index contributed by atoms with van der Waals surface area (Å²) in [6, 6.07) is 11.9. The number of fused-ring (bicyclic) bond motifs is 2. The van der Waals surface area contributed by atoms with Crippen LogP contribution in [0.4, 0.5) is 0 Å². The summed E-state index contributed by atoms with van der Waals surface area (Å²) in [7, 11) is 0. The molecule has 1 unspecified atom stereocenters. The minimum Gasteiger partial charge on any atom is -0.454 e. The molecule has 6 rings (SSSR count). The lowest BCUT2D eigenvalue weighted by molar-refractivity contribution is 0.0956. The summed E-state index contributed by atoms with van der Waals surface area (Å²) in [5.41, 5.74) is 6.99. The molecule has 0 bridgehead atoms. The van der Waals surface area contributed by atoms with E-state index in [2.05, 4.69) is 38.4 Å². The molecule has 0 spiro atoms. The summed E-state index contributed by atoms with van der Waals surface area (Å²) in [6.07, 6.45) is 5.60. The smallest absolute Gasteiger partial charge is 0.273 e. The Balaban J connectivity index is 1.22. The van der Waals surface area contributed by atoms with E-state index in [1.165, 1.54) is 0 Å². The van der Waals surface area contributed by atoms with E-state index >= 15 is 0 Å². The van der Waals surface area contributed by atoms with E-state index in [1.807, 2.05) is 36.5 Å². The van der Waals surface area contributed by atoms with Gasteiger partial charge < -0.3 is 19.1 Å². The van der Waals surface area contributed by atoms with E-state index < -0.39 is 0 Å². The van der Waals surface area contributed by atoms with E-state index in [0.717, 1.165) is 65.2 Å². The van der Waals surface area contributed by atoms with Gasteiger partial charge in [0.1, 0.15) is 5.01 Å². The molecule has 1 fully saturated rings. The number of amides is 1. The zero-order chi connectivity index (χ0) is 26.1. The average Bonchev–Trinajstić information content (AvgIpc) is 3.74. The minimum absolute atomic E-state index is 0.188. The molecular formula is C28H29N5O4S. The third-order valence-electron chi connectivity index (χ3n) is 7.12. The van der Waals surface area contributed by atoms with Gasteiger partial charge in [0.15, 0.2) is 11.5 Å². The van der Waals surface area contributed by atoms with Crippen molar-refractivity contribution in [1.29, 1.82) is 0 Å². The van der Waals surface area contributed by atoms with E-state index in [4.69, 9.17) is 14.5 Å². The summed E-state index contributed by atoms with van der Waals surface area (Å²) >= 11 is 1.60. The molecule has 10 heteroatoms. The van der Waals surface area contributed by atoms with Gasteiger partial charge in [-0.05, 0) is 68.3 Å². The number of likely N-dealkylation sites (tertiary alicyclic amines) is 1. The normalized spacial score (nSPS) is 17.2. The van der Waals surface area contributed by atoms with Crippen molar-refractivity contribution in [2.75, 3.05) is 19.9 Å². The Morgan fingerprint density at radius 1 is 1.26 bits per heavy atom. The summed E-state index contributed by atoms with van der Waals surface area (Å²) in [6.45, 7) is 4.93. The van der Waals surface area contributed by atoms with Crippen LogP contribution < -0.4 is 14.9 Å². The summed E-state index contributed by atoms with van der Waals surface area (Å²) < 4.78 is 12.8. The van der Waals surface area contributed by atoms with Crippen LogP contribution in [0.2, 0.25) is 0 Å². The van der Waals surface area contributed by atoms with Crippen LogP contribution in [0.3, 0.4) is 0 Å². The van der Waals surface area contributed by atoms with Gasteiger partial charge in [0, 0.05) is 47.2 Å². The van der Waals surface area contributed by atoms with Crippen LogP contribution >= 0.6 is 11.3 Å². The van der Waals surface area contributed by atoms with Crippen molar-refractivity contribution in [3.8, 4) is 22.1 Å². The fraction of sp³-hybridized carbons (Fsp3) is 0.321. The van der Waals surface area contributed by atoms with Crippen molar-refractivity contribution in [1.82, 2.24) is 19.9 Å². The number of carbonyl (C=O) groups is 1. The standard InChI is InChI=1S/C28H29N5O4S/c1-2-32-14-23(27(35)31-29-12-18-5-8-25-26(10-18)37-17-36-25)22-11-19(6-7-24(22)32)28-30-20(16-38-28)13-33-9-3-4-21(33)15-34/h5-8,10-12,14,16,21,34H,2-4,9,13,15,17H2,1H3,(H,31,35)/b29-12+. The molecule has 196 valence electrons. The first kappa shape index (κ1) is 24.6. The molecular weight excluding hydrogens is 502 g/mol. The number of nitrogens with zero attached hydrogens (tertiary/aromatic N) is 4. The minimum atomic E-state index is -0.278. The molecule has 0 radical (unpaired) electrons. The predicted octanol–water partition coefficient (Wildman–Crippen LogP) is 4.23.